The Balaban J connectivity index is 2.01. The van der Waals surface area contributed by atoms with E-state index in [1.165, 1.54) is 6.92 Å². The summed E-state index contributed by atoms with van der Waals surface area (Å²) in [7, 11) is 0. The maximum absolute atomic E-state index is 12.7. The molecule has 2 amide bonds. The van der Waals surface area contributed by atoms with Crippen LogP contribution >= 0.6 is 0 Å². The van der Waals surface area contributed by atoms with Crippen molar-refractivity contribution in [1.82, 2.24) is 10.2 Å². The lowest BCUT2D eigenvalue weighted by atomic mass is 9.82. The van der Waals surface area contributed by atoms with Gasteiger partial charge in [0.1, 0.15) is 0 Å². The van der Waals surface area contributed by atoms with Crippen molar-refractivity contribution in [3.05, 3.63) is 0 Å². The highest BCUT2D eigenvalue weighted by atomic mass is 16.3. The molecule has 1 aliphatic carbocycles. The van der Waals surface area contributed by atoms with Gasteiger partial charge in [0.05, 0.1) is 12.1 Å². The van der Waals surface area contributed by atoms with E-state index in [-0.39, 0.29) is 23.8 Å². The largest absolute Gasteiger partial charge is 0.391 e. The molecule has 0 radical (unpaired) electrons. The van der Waals surface area contributed by atoms with Gasteiger partial charge in [0, 0.05) is 24.9 Å². The molecule has 1 aliphatic heterocycles. The highest BCUT2D eigenvalue weighted by molar-refractivity contribution is 5.80. The first-order valence-electron chi connectivity index (χ1n) is 7.67. The molecule has 0 unspecified atom stereocenters. The summed E-state index contributed by atoms with van der Waals surface area (Å²) in [5.74, 6) is -0.0203. The van der Waals surface area contributed by atoms with E-state index < -0.39 is 6.10 Å². The van der Waals surface area contributed by atoms with Gasteiger partial charge in [0.15, 0.2) is 0 Å². The predicted octanol–water partition coefficient (Wildman–Crippen LogP) is 1.05. The van der Waals surface area contributed by atoms with Crippen LogP contribution in [-0.4, -0.2) is 46.1 Å². The Hall–Kier alpha value is -1.10. The van der Waals surface area contributed by atoms with E-state index in [2.05, 4.69) is 19.2 Å². The van der Waals surface area contributed by atoms with Gasteiger partial charge in [0.25, 0.3) is 0 Å². The number of nitrogens with one attached hydrogen (secondary N) is 1. The highest BCUT2D eigenvalue weighted by Crippen LogP contribution is 2.31. The van der Waals surface area contributed by atoms with Gasteiger partial charge in [-0.25, -0.2) is 0 Å². The van der Waals surface area contributed by atoms with E-state index in [1.54, 1.807) is 0 Å². The SMILES string of the molecule is CC(=O)N[C@@H]1C[C@@H](C(=O)N2[C@H](C)CC[C@@H]2C)CC[C@H]1O. The minimum atomic E-state index is -0.531. The van der Waals surface area contributed by atoms with E-state index in [9.17, 15) is 14.7 Å². The van der Waals surface area contributed by atoms with Gasteiger partial charge in [-0.2, -0.15) is 0 Å². The lowest BCUT2D eigenvalue weighted by molar-refractivity contribution is -0.140. The first kappa shape index (κ1) is 15.3. The molecule has 0 bridgehead atoms. The van der Waals surface area contributed by atoms with Gasteiger partial charge in [-0.15, -0.1) is 0 Å². The average molecular weight is 282 g/mol. The molecule has 5 nitrogen and oxygen atoms in total. The third-order valence-corrected chi connectivity index (χ3v) is 4.76. The molecule has 2 fully saturated rings. The summed E-state index contributed by atoms with van der Waals surface area (Å²) < 4.78 is 0. The highest BCUT2D eigenvalue weighted by Gasteiger charge is 2.39. The number of carbonyl (C=O) groups excluding carboxylic acids is 2. The van der Waals surface area contributed by atoms with Crippen LogP contribution in [0.15, 0.2) is 0 Å². The summed E-state index contributed by atoms with van der Waals surface area (Å²) in [5, 5.41) is 12.7. The van der Waals surface area contributed by atoms with Crippen molar-refractivity contribution in [2.24, 2.45) is 5.92 Å². The Morgan fingerprint density at radius 1 is 1.10 bits per heavy atom. The van der Waals surface area contributed by atoms with E-state index in [0.29, 0.717) is 31.3 Å². The van der Waals surface area contributed by atoms with E-state index in [4.69, 9.17) is 0 Å². The fraction of sp³-hybridized carbons (Fsp3) is 0.867. The molecule has 2 rings (SSSR count). The Morgan fingerprint density at radius 3 is 2.25 bits per heavy atom. The first-order valence-corrected chi connectivity index (χ1v) is 7.67. The zero-order valence-corrected chi connectivity index (χ0v) is 12.6. The number of rotatable bonds is 2. The monoisotopic (exact) mass is 282 g/mol. The summed E-state index contributed by atoms with van der Waals surface area (Å²) in [6.45, 7) is 5.65. The smallest absolute Gasteiger partial charge is 0.226 e. The van der Waals surface area contributed by atoms with Gasteiger partial charge in [-0.3, -0.25) is 9.59 Å². The molecule has 114 valence electrons. The first-order chi connectivity index (χ1) is 9.40. The topological polar surface area (TPSA) is 69.6 Å². The van der Waals surface area contributed by atoms with Gasteiger partial charge in [-0.1, -0.05) is 0 Å². The molecule has 2 aliphatic rings. The molecule has 1 saturated carbocycles. The van der Waals surface area contributed by atoms with E-state index in [0.717, 1.165) is 12.8 Å². The van der Waals surface area contributed by atoms with Gasteiger partial charge >= 0.3 is 0 Å². The van der Waals surface area contributed by atoms with Crippen molar-refractivity contribution in [2.45, 2.75) is 77.1 Å². The van der Waals surface area contributed by atoms with Crippen molar-refractivity contribution in [3.63, 3.8) is 0 Å². The van der Waals surface area contributed by atoms with E-state index >= 15 is 0 Å². The summed E-state index contributed by atoms with van der Waals surface area (Å²) in [5.41, 5.74) is 0. The normalized spacial score (nSPS) is 37.8. The molecule has 2 N–H and O–H groups in total. The predicted molar refractivity (Wildman–Crippen MR) is 76.0 cm³/mol. The van der Waals surface area contributed by atoms with Crippen molar-refractivity contribution < 1.29 is 14.7 Å². The number of hydrogen-bond acceptors (Lipinski definition) is 3. The van der Waals surface area contributed by atoms with Crippen molar-refractivity contribution in [3.8, 4) is 0 Å². The third kappa shape index (κ3) is 3.14. The zero-order valence-electron chi connectivity index (χ0n) is 12.6. The minimum Gasteiger partial charge on any atom is -0.391 e. The second-order valence-electron chi connectivity index (χ2n) is 6.41. The Kier molecular flexibility index (Phi) is 4.68. The summed E-state index contributed by atoms with van der Waals surface area (Å²) >= 11 is 0. The van der Waals surface area contributed by atoms with Crippen molar-refractivity contribution >= 4 is 11.8 Å². The Bertz CT molecular complexity index is 375. The lowest BCUT2D eigenvalue weighted by Gasteiger charge is -2.37. The van der Waals surface area contributed by atoms with Crippen LogP contribution in [0.4, 0.5) is 0 Å². The number of likely N-dealkylation sites (tertiary alicyclic amines) is 1. The van der Waals surface area contributed by atoms with E-state index in [1.807, 2.05) is 4.90 Å². The molecule has 0 aromatic heterocycles. The second-order valence-corrected chi connectivity index (χ2v) is 6.41. The summed E-state index contributed by atoms with van der Waals surface area (Å²) in [6, 6.07) is 0.329. The van der Waals surface area contributed by atoms with Crippen LogP contribution in [0.25, 0.3) is 0 Å². The number of aliphatic hydroxyl groups is 1. The third-order valence-electron chi connectivity index (χ3n) is 4.76. The van der Waals surface area contributed by atoms with Gasteiger partial charge in [-0.05, 0) is 46.0 Å². The summed E-state index contributed by atoms with van der Waals surface area (Å²) in [4.78, 5) is 25.9. The molecular weight excluding hydrogens is 256 g/mol. The zero-order chi connectivity index (χ0) is 14.9. The molecule has 0 spiro atoms. The van der Waals surface area contributed by atoms with Crippen molar-refractivity contribution in [2.75, 3.05) is 0 Å². The van der Waals surface area contributed by atoms with Crippen LogP contribution in [0.1, 0.15) is 52.9 Å². The summed E-state index contributed by atoms with van der Waals surface area (Å²) in [6.07, 6.45) is 3.45. The molecule has 0 aromatic carbocycles. The maximum Gasteiger partial charge on any atom is 0.226 e. The maximum atomic E-state index is 12.7. The minimum absolute atomic E-state index is 0.0711. The molecule has 0 aromatic rings. The lowest BCUT2D eigenvalue weighted by Crippen LogP contribution is -2.50. The molecule has 5 heteroatoms. The molecule has 5 atom stereocenters. The number of hydrogen-bond donors (Lipinski definition) is 2. The number of amides is 2. The van der Waals surface area contributed by atoms with Crippen LogP contribution in [0.3, 0.4) is 0 Å². The Morgan fingerprint density at radius 2 is 1.70 bits per heavy atom. The van der Waals surface area contributed by atoms with Crippen LogP contribution in [0.2, 0.25) is 0 Å². The molecule has 1 heterocycles. The molecule has 1 saturated heterocycles. The van der Waals surface area contributed by atoms with Gasteiger partial charge in [0.2, 0.25) is 11.8 Å². The Labute approximate surface area is 120 Å². The number of nitrogens with zero attached hydrogens (tertiary/aromatic N) is 1. The van der Waals surface area contributed by atoms with Crippen LogP contribution in [-0.2, 0) is 9.59 Å². The fourth-order valence-electron chi connectivity index (χ4n) is 3.64. The van der Waals surface area contributed by atoms with Crippen molar-refractivity contribution in [1.29, 1.82) is 0 Å². The average Bonchev–Trinajstić information content (AvgIpc) is 2.70. The fourth-order valence-corrected chi connectivity index (χ4v) is 3.64. The van der Waals surface area contributed by atoms with Crippen LogP contribution in [0, 0.1) is 5.92 Å². The molecule has 20 heavy (non-hydrogen) atoms. The quantitative estimate of drug-likeness (QED) is 0.795. The van der Waals surface area contributed by atoms with Crippen LogP contribution < -0.4 is 5.32 Å². The van der Waals surface area contributed by atoms with Crippen LogP contribution in [0.5, 0.6) is 0 Å². The number of carbonyl (C=O) groups is 2. The second kappa shape index (κ2) is 6.12. The van der Waals surface area contributed by atoms with Gasteiger partial charge < -0.3 is 15.3 Å². The standard InChI is InChI=1S/C15H26N2O3/c1-9-4-5-10(2)17(9)15(20)12-6-7-14(19)13(8-12)16-11(3)18/h9-10,12-14,19H,4-8H2,1-3H3,(H,16,18)/t9-,10+,12-,13+,14+/m0/s1. The molecular formula is C15H26N2O3. The number of aliphatic hydroxyl groups excluding tert-OH is 1.